The second kappa shape index (κ2) is 5.44. The van der Waals surface area contributed by atoms with E-state index in [1.807, 2.05) is 24.3 Å². The molecule has 0 amide bonds. The predicted molar refractivity (Wildman–Crippen MR) is 75.1 cm³/mol. The van der Waals surface area contributed by atoms with Crippen molar-refractivity contribution in [3.63, 3.8) is 0 Å². The van der Waals surface area contributed by atoms with E-state index in [4.69, 9.17) is 5.11 Å². The van der Waals surface area contributed by atoms with Gasteiger partial charge in [0.15, 0.2) is 0 Å². The smallest absolute Gasteiger partial charge is 0.303 e. The summed E-state index contributed by atoms with van der Waals surface area (Å²) in [4.78, 5) is 22.6. The summed E-state index contributed by atoms with van der Waals surface area (Å²) in [7, 11) is 1.62. The lowest BCUT2D eigenvalue weighted by Crippen LogP contribution is -2.16. The first-order valence-electron chi connectivity index (χ1n) is 5.74. The number of rotatable bonds is 4. The van der Waals surface area contributed by atoms with E-state index in [1.54, 1.807) is 7.05 Å². The molecule has 2 rings (SSSR count). The molecule has 1 heterocycles. The minimum Gasteiger partial charge on any atom is -0.481 e. The Morgan fingerprint density at radius 3 is 2.58 bits per heavy atom. The lowest BCUT2D eigenvalue weighted by atomic mass is 10.0. The fourth-order valence-electron chi connectivity index (χ4n) is 1.91. The van der Waals surface area contributed by atoms with Gasteiger partial charge in [0.2, 0.25) is 0 Å². The number of aromatic amines is 1. The Labute approximate surface area is 118 Å². The zero-order valence-corrected chi connectivity index (χ0v) is 11.9. The Morgan fingerprint density at radius 2 is 2.00 bits per heavy atom. The molecule has 1 aromatic heterocycles. The number of aromatic nitrogens is 2. The Morgan fingerprint density at radius 1 is 1.37 bits per heavy atom. The van der Waals surface area contributed by atoms with Gasteiger partial charge >= 0.3 is 5.97 Å². The third-order valence-corrected chi connectivity index (χ3v) is 3.39. The summed E-state index contributed by atoms with van der Waals surface area (Å²) in [5.41, 5.74) is 1.87. The van der Waals surface area contributed by atoms with E-state index in [1.165, 1.54) is 4.68 Å². The van der Waals surface area contributed by atoms with E-state index in [-0.39, 0.29) is 18.4 Å². The van der Waals surface area contributed by atoms with Gasteiger partial charge in [0.1, 0.15) is 0 Å². The number of carboxylic acid groups (broad SMARTS) is 1. The van der Waals surface area contributed by atoms with Crippen molar-refractivity contribution in [1.29, 1.82) is 0 Å². The molecular formula is C13H13BrN2O3. The number of aliphatic carboxylic acids is 1. The number of carbonyl (C=O) groups is 1. The summed E-state index contributed by atoms with van der Waals surface area (Å²) in [6, 6.07) is 7.50. The lowest BCUT2D eigenvalue weighted by Gasteiger charge is -2.02. The van der Waals surface area contributed by atoms with Crippen LogP contribution in [0.3, 0.4) is 0 Å². The molecule has 0 aliphatic heterocycles. The first-order chi connectivity index (χ1) is 8.99. The minimum absolute atomic E-state index is 0.0589. The van der Waals surface area contributed by atoms with Crippen molar-refractivity contribution in [2.75, 3.05) is 0 Å². The van der Waals surface area contributed by atoms with E-state index in [0.29, 0.717) is 11.3 Å². The zero-order chi connectivity index (χ0) is 14.0. The first kappa shape index (κ1) is 13.6. The van der Waals surface area contributed by atoms with Crippen LogP contribution in [0.15, 0.2) is 33.5 Å². The van der Waals surface area contributed by atoms with E-state index in [9.17, 15) is 9.59 Å². The highest BCUT2D eigenvalue weighted by molar-refractivity contribution is 9.10. The standard InChI is InChI=1S/C13H13BrN2O3/c1-16-13(19)10(6-7-11(17)18)12(15-16)8-2-4-9(14)5-3-8/h2-5,15H,6-7H2,1H3,(H,17,18). The Balaban J connectivity index is 2.45. The molecule has 0 bridgehead atoms. The largest absolute Gasteiger partial charge is 0.481 e. The topological polar surface area (TPSA) is 75.1 Å². The number of hydrogen-bond acceptors (Lipinski definition) is 2. The summed E-state index contributed by atoms with van der Waals surface area (Å²) in [6.07, 6.45) is 0.160. The highest BCUT2D eigenvalue weighted by Crippen LogP contribution is 2.22. The van der Waals surface area contributed by atoms with Crippen LogP contribution in [0.1, 0.15) is 12.0 Å². The minimum atomic E-state index is -0.912. The maximum Gasteiger partial charge on any atom is 0.303 e. The van der Waals surface area contributed by atoms with Crippen LogP contribution in [0, 0.1) is 0 Å². The fourth-order valence-corrected chi connectivity index (χ4v) is 2.18. The molecule has 2 N–H and O–H groups in total. The van der Waals surface area contributed by atoms with Crippen LogP contribution in [-0.4, -0.2) is 20.9 Å². The molecule has 6 heteroatoms. The second-order valence-electron chi connectivity index (χ2n) is 4.23. The van der Waals surface area contributed by atoms with Gasteiger partial charge in [-0.25, -0.2) is 0 Å². The maximum atomic E-state index is 12.0. The van der Waals surface area contributed by atoms with Gasteiger partial charge in [0.05, 0.1) is 5.69 Å². The van der Waals surface area contributed by atoms with Crippen LogP contribution in [-0.2, 0) is 18.3 Å². The van der Waals surface area contributed by atoms with Crippen molar-refractivity contribution in [3.05, 3.63) is 44.7 Å². The van der Waals surface area contributed by atoms with Crippen LogP contribution in [0.25, 0.3) is 11.3 Å². The van der Waals surface area contributed by atoms with Crippen LogP contribution in [0.5, 0.6) is 0 Å². The number of halogens is 1. The van der Waals surface area contributed by atoms with Crippen LogP contribution >= 0.6 is 15.9 Å². The highest BCUT2D eigenvalue weighted by Gasteiger charge is 2.15. The number of H-pyrrole nitrogens is 1. The molecular weight excluding hydrogens is 312 g/mol. The van der Waals surface area contributed by atoms with Gasteiger partial charge in [-0.15, -0.1) is 0 Å². The molecule has 2 aromatic rings. The second-order valence-corrected chi connectivity index (χ2v) is 5.15. The quantitative estimate of drug-likeness (QED) is 0.904. The van der Waals surface area contributed by atoms with Crippen LogP contribution < -0.4 is 5.56 Å². The molecule has 19 heavy (non-hydrogen) atoms. The molecule has 0 aliphatic rings. The Kier molecular flexibility index (Phi) is 3.90. The molecule has 0 radical (unpaired) electrons. The summed E-state index contributed by atoms with van der Waals surface area (Å²) in [5.74, 6) is -0.912. The van der Waals surface area contributed by atoms with Crippen molar-refractivity contribution in [1.82, 2.24) is 9.78 Å². The normalized spacial score (nSPS) is 10.6. The summed E-state index contributed by atoms with van der Waals surface area (Å²) in [6.45, 7) is 0. The fraction of sp³-hybridized carbons (Fsp3) is 0.231. The number of benzene rings is 1. The number of hydrogen-bond donors (Lipinski definition) is 2. The molecule has 5 nitrogen and oxygen atoms in total. The molecule has 100 valence electrons. The van der Waals surface area contributed by atoms with E-state index in [0.717, 1.165) is 10.0 Å². The number of carboxylic acids is 1. The maximum absolute atomic E-state index is 12.0. The zero-order valence-electron chi connectivity index (χ0n) is 10.3. The first-order valence-corrected chi connectivity index (χ1v) is 6.54. The third-order valence-electron chi connectivity index (χ3n) is 2.87. The molecule has 0 saturated carbocycles. The Bertz CT molecular complexity index is 656. The van der Waals surface area contributed by atoms with Gasteiger partial charge in [-0.3, -0.25) is 19.4 Å². The average Bonchev–Trinajstić information content (AvgIpc) is 2.64. The molecule has 0 aliphatic carbocycles. The summed E-state index contributed by atoms with van der Waals surface area (Å²) in [5, 5.41) is 11.7. The molecule has 0 fully saturated rings. The van der Waals surface area contributed by atoms with Gasteiger partial charge in [-0.1, -0.05) is 28.1 Å². The van der Waals surface area contributed by atoms with Gasteiger partial charge < -0.3 is 5.11 Å². The van der Waals surface area contributed by atoms with E-state index >= 15 is 0 Å². The van der Waals surface area contributed by atoms with Crippen LogP contribution in [0.4, 0.5) is 0 Å². The highest BCUT2D eigenvalue weighted by atomic mass is 79.9. The monoisotopic (exact) mass is 324 g/mol. The molecule has 0 saturated heterocycles. The Hall–Kier alpha value is -1.82. The third kappa shape index (κ3) is 2.96. The summed E-state index contributed by atoms with van der Waals surface area (Å²) < 4.78 is 2.32. The van der Waals surface area contributed by atoms with Gasteiger partial charge in [0, 0.05) is 23.5 Å². The van der Waals surface area contributed by atoms with Gasteiger partial charge in [-0.05, 0) is 24.1 Å². The average molecular weight is 325 g/mol. The van der Waals surface area contributed by atoms with Crippen molar-refractivity contribution in [2.45, 2.75) is 12.8 Å². The number of nitrogens with zero attached hydrogens (tertiary/aromatic N) is 1. The lowest BCUT2D eigenvalue weighted by molar-refractivity contribution is -0.136. The number of aryl methyl sites for hydroxylation is 1. The van der Waals surface area contributed by atoms with Crippen molar-refractivity contribution in [3.8, 4) is 11.3 Å². The SMILES string of the molecule is Cn1[nH]c(-c2ccc(Br)cc2)c(CCC(=O)O)c1=O. The van der Waals surface area contributed by atoms with Gasteiger partial charge in [0.25, 0.3) is 5.56 Å². The van der Waals surface area contributed by atoms with Crippen molar-refractivity contribution in [2.24, 2.45) is 7.05 Å². The molecule has 0 unspecified atom stereocenters. The summed E-state index contributed by atoms with van der Waals surface area (Å²) >= 11 is 3.35. The predicted octanol–water partition coefficient (Wildman–Crippen LogP) is 2.16. The van der Waals surface area contributed by atoms with Crippen molar-refractivity contribution >= 4 is 21.9 Å². The van der Waals surface area contributed by atoms with Gasteiger partial charge in [-0.2, -0.15) is 0 Å². The van der Waals surface area contributed by atoms with E-state index in [2.05, 4.69) is 21.0 Å². The van der Waals surface area contributed by atoms with E-state index < -0.39 is 5.97 Å². The number of nitrogens with one attached hydrogen (secondary N) is 1. The molecule has 0 spiro atoms. The van der Waals surface area contributed by atoms with Crippen molar-refractivity contribution < 1.29 is 9.90 Å². The molecule has 0 atom stereocenters. The van der Waals surface area contributed by atoms with Crippen LogP contribution in [0.2, 0.25) is 0 Å². The molecule has 1 aromatic carbocycles.